The van der Waals surface area contributed by atoms with E-state index in [9.17, 15) is 10.1 Å². The van der Waals surface area contributed by atoms with E-state index in [4.69, 9.17) is 0 Å². The van der Waals surface area contributed by atoms with Crippen molar-refractivity contribution in [3.8, 4) is 0 Å². The molecule has 0 aromatic carbocycles. The Kier molecular flexibility index (Phi) is 10.5. The fourth-order valence-electron chi connectivity index (χ4n) is 1.40. The van der Waals surface area contributed by atoms with E-state index in [1.54, 1.807) is 19.1 Å². The molecular weight excluding hydrogens is 281 g/mol. The van der Waals surface area contributed by atoms with Crippen LogP contribution in [-0.2, 0) is 32.7 Å². The molecule has 0 amide bonds. The van der Waals surface area contributed by atoms with Gasteiger partial charge < -0.3 is 11.6 Å². The summed E-state index contributed by atoms with van der Waals surface area (Å²) < 4.78 is 0. The first-order chi connectivity index (χ1) is 7.16. The SMILES string of the molecule is [CH-]=C.[CH2-]N=CC1C=CC=C(C)C1[N+](=O)[O-].[Y]. The van der Waals surface area contributed by atoms with E-state index < -0.39 is 6.04 Å². The van der Waals surface area contributed by atoms with Crippen molar-refractivity contribution in [3.05, 3.63) is 54.1 Å². The topological polar surface area (TPSA) is 55.5 Å². The molecule has 0 bridgehead atoms. The minimum absolute atomic E-state index is 0. The van der Waals surface area contributed by atoms with Crippen molar-refractivity contribution in [2.75, 3.05) is 0 Å². The molecule has 0 aromatic heterocycles. The van der Waals surface area contributed by atoms with Gasteiger partial charge in [-0.3, -0.25) is 16.7 Å². The summed E-state index contributed by atoms with van der Waals surface area (Å²) in [6.45, 7) is 8.75. The third-order valence-corrected chi connectivity index (χ3v) is 2.03. The summed E-state index contributed by atoms with van der Waals surface area (Å²) in [6, 6.07) is -0.685. The van der Waals surface area contributed by atoms with Crippen LogP contribution in [0.2, 0.25) is 0 Å². The zero-order chi connectivity index (χ0) is 11.8. The zero-order valence-electron chi connectivity index (χ0n) is 9.24. The fourth-order valence-corrected chi connectivity index (χ4v) is 1.40. The van der Waals surface area contributed by atoms with Gasteiger partial charge in [0.2, 0.25) is 6.04 Å². The molecule has 0 saturated heterocycles. The maximum Gasteiger partial charge on any atom is 0.230 e. The van der Waals surface area contributed by atoms with Crippen LogP contribution >= 0.6 is 0 Å². The summed E-state index contributed by atoms with van der Waals surface area (Å²) in [5.41, 5.74) is 0.748. The van der Waals surface area contributed by atoms with E-state index in [0.717, 1.165) is 5.57 Å². The molecule has 2 unspecified atom stereocenters. The first-order valence-electron chi connectivity index (χ1n) is 4.35. The van der Waals surface area contributed by atoms with Crippen LogP contribution in [0.15, 0.2) is 35.4 Å². The number of hydrogen-bond acceptors (Lipinski definition) is 3. The molecule has 0 fully saturated rings. The molecule has 5 heteroatoms. The van der Waals surface area contributed by atoms with Crippen molar-refractivity contribution in [1.82, 2.24) is 0 Å². The zero-order valence-corrected chi connectivity index (χ0v) is 12.1. The minimum Gasteiger partial charge on any atom is -0.521 e. The minimum atomic E-state index is -0.685. The molecule has 85 valence electrons. The van der Waals surface area contributed by atoms with Gasteiger partial charge in [0.25, 0.3) is 0 Å². The number of nitrogens with zero attached hydrogens (tertiary/aromatic N) is 2. The first-order valence-corrected chi connectivity index (χ1v) is 4.35. The molecule has 1 rings (SSSR count). The number of hydrogen-bond donors (Lipinski definition) is 0. The maximum atomic E-state index is 10.7. The van der Waals surface area contributed by atoms with E-state index in [2.05, 4.69) is 25.2 Å². The van der Waals surface area contributed by atoms with Crippen LogP contribution < -0.4 is 0 Å². The molecule has 0 heterocycles. The van der Waals surface area contributed by atoms with Gasteiger partial charge in [0.05, 0.1) is 0 Å². The molecular formula is C11H14N2O2Y-2. The van der Waals surface area contributed by atoms with Crippen LogP contribution in [-0.4, -0.2) is 17.2 Å². The second-order valence-corrected chi connectivity index (χ2v) is 2.93. The summed E-state index contributed by atoms with van der Waals surface area (Å²) in [4.78, 5) is 14.0. The van der Waals surface area contributed by atoms with Gasteiger partial charge in [0.1, 0.15) is 0 Å². The molecule has 1 radical (unpaired) electrons. The van der Waals surface area contributed by atoms with Crippen LogP contribution in [0.1, 0.15) is 6.92 Å². The Hall–Kier alpha value is -0.736. The third-order valence-electron chi connectivity index (χ3n) is 2.03. The normalized spacial score (nSPS) is 22.7. The summed E-state index contributed by atoms with van der Waals surface area (Å²) in [5, 5.41) is 10.7. The van der Waals surface area contributed by atoms with Crippen molar-refractivity contribution in [3.63, 3.8) is 0 Å². The molecule has 1 aliphatic carbocycles. The summed E-state index contributed by atoms with van der Waals surface area (Å²) >= 11 is 0. The molecule has 0 N–H and O–H groups in total. The van der Waals surface area contributed by atoms with Gasteiger partial charge in [-0.15, -0.1) is 6.21 Å². The Morgan fingerprint density at radius 3 is 2.69 bits per heavy atom. The van der Waals surface area contributed by atoms with Gasteiger partial charge in [0, 0.05) is 43.6 Å². The average Bonchev–Trinajstić information content (AvgIpc) is 2.21. The van der Waals surface area contributed by atoms with Crippen molar-refractivity contribution >= 4 is 6.21 Å². The second-order valence-electron chi connectivity index (χ2n) is 2.93. The van der Waals surface area contributed by atoms with E-state index in [1.807, 2.05) is 6.08 Å². The average molecular weight is 295 g/mol. The summed E-state index contributed by atoms with van der Waals surface area (Å²) in [6.07, 6.45) is 6.82. The molecule has 4 nitrogen and oxygen atoms in total. The summed E-state index contributed by atoms with van der Waals surface area (Å²) in [7, 11) is 3.29. The van der Waals surface area contributed by atoms with Crippen LogP contribution in [0.25, 0.3) is 0 Å². The van der Waals surface area contributed by atoms with Gasteiger partial charge in [-0.2, -0.15) is 7.05 Å². The number of nitro groups is 1. The number of allylic oxidation sites excluding steroid dienone is 2. The van der Waals surface area contributed by atoms with Crippen LogP contribution in [0.4, 0.5) is 0 Å². The van der Waals surface area contributed by atoms with Gasteiger partial charge in [0.15, 0.2) is 0 Å². The van der Waals surface area contributed by atoms with Crippen LogP contribution in [0.5, 0.6) is 0 Å². The Labute approximate surface area is 121 Å². The number of aliphatic imine (C=N–C) groups is 1. The molecule has 0 aromatic rings. The largest absolute Gasteiger partial charge is 0.521 e. The first kappa shape index (κ1) is 17.7. The molecule has 0 saturated carbocycles. The van der Waals surface area contributed by atoms with Crippen LogP contribution in [0.3, 0.4) is 0 Å². The van der Waals surface area contributed by atoms with Crippen molar-refractivity contribution in [2.24, 2.45) is 10.9 Å². The molecule has 0 aliphatic heterocycles. The van der Waals surface area contributed by atoms with Gasteiger partial charge in [-0.05, 0) is 12.5 Å². The molecule has 0 spiro atoms. The van der Waals surface area contributed by atoms with E-state index >= 15 is 0 Å². The second kappa shape index (κ2) is 9.49. The monoisotopic (exact) mass is 295 g/mol. The maximum absolute atomic E-state index is 10.7. The smallest absolute Gasteiger partial charge is 0.230 e. The van der Waals surface area contributed by atoms with E-state index in [1.165, 1.54) is 6.21 Å². The van der Waals surface area contributed by atoms with E-state index in [0.29, 0.717) is 0 Å². The number of rotatable bonds is 2. The van der Waals surface area contributed by atoms with Crippen molar-refractivity contribution in [1.29, 1.82) is 0 Å². The van der Waals surface area contributed by atoms with E-state index in [-0.39, 0.29) is 43.6 Å². The predicted octanol–water partition coefficient (Wildman–Crippen LogP) is 2.23. The van der Waals surface area contributed by atoms with Crippen LogP contribution in [0, 0.1) is 29.7 Å². The Bertz CT molecular complexity index is 311. The van der Waals surface area contributed by atoms with Gasteiger partial charge in [-0.1, -0.05) is 18.2 Å². The predicted molar refractivity (Wildman–Crippen MR) is 60.9 cm³/mol. The van der Waals surface area contributed by atoms with Crippen molar-refractivity contribution in [2.45, 2.75) is 13.0 Å². The van der Waals surface area contributed by atoms with Gasteiger partial charge >= 0.3 is 0 Å². The Morgan fingerprint density at radius 1 is 1.69 bits per heavy atom. The molecule has 1 aliphatic rings. The van der Waals surface area contributed by atoms with Crippen molar-refractivity contribution < 1.29 is 37.6 Å². The van der Waals surface area contributed by atoms with Gasteiger partial charge in [-0.25, -0.2) is 0 Å². The quantitative estimate of drug-likeness (QED) is 0.339. The fraction of sp³-hybridized carbons (Fsp3) is 0.273. The standard InChI is InChI=1S/C9H11N2O2.C2H3.Y/c1-7-4-3-5-8(6-10-2)9(7)11(12)13;1-2;/h3-6,8-9H,2H2,1H3;1H,2H2;/q2*-1;. The molecule has 16 heavy (non-hydrogen) atoms. The summed E-state index contributed by atoms with van der Waals surface area (Å²) in [5.74, 6) is -0.266. The Morgan fingerprint density at radius 2 is 2.25 bits per heavy atom. The third kappa shape index (κ3) is 4.86. The molecule has 2 atom stereocenters. The Balaban J connectivity index is 0.